The summed E-state index contributed by atoms with van der Waals surface area (Å²) in [6.07, 6.45) is 0. The lowest BCUT2D eigenvalue weighted by atomic mass is 10.1. The smallest absolute Gasteiger partial charge is 0.178 e. The van der Waals surface area contributed by atoms with Crippen LogP contribution in [0.1, 0.15) is 41.6 Å². The lowest BCUT2D eigenvalue weighted by Gasteiger charge is -2.36. The van der Waals surface area contributed by atoms with Gasteiger partial charge in [-0.25, -0.2) is 0 Å². The Kier molecular flexibility index (Phi) is 5.37. The van der Waals surface area contributed by atoms with Gasteiger partial charge in [-0.05, 0) is 45.9 Å². The number of aromatic nitrogens is 1. The number of aromatic hydroxyl groups is 1. The molecule has 2 heterocycles. The first-order valence-electron chi connectivity index (χ1n) is 9.35. The van der Waals surface area contributed by atoms with Crippen LogP contribution < -0.4 is 4.90 Å². The number of ketones is 1. The van der Waals surface area contributed by atoms with Gasteiger partial charge >= 0.3 is 0 Å². The number of para-hydroxylation sites is 2. The second kappa shape index (κ2) is 7.54. The molecule has 0 aliphatic carbocycles. The lowest BCUT2D eigenvalue weighted by molar-refractivity contribution is 0.0925. The molecule has 1 fully saturated rings. The van der Waals surface area contributed by atoms with E-state index in [4.69, 9.17) is 0 Å². The number of carbonyl (C=O) groups excluding carboxylic acids is 1. The summed E-state index contributed by atoms with van der Waals surface area (Å²) in [6, 6.07) is 9.82. The van der Waals surface area contributed by atoms with Crippen molar-refractivity contribution in [3.63, 3.8) is 0 Å². The number of Topliss-reactive ketones (excluding diaryl/α,β-unsaturated/α-hetero) is 1. The number of benzene rings is 1. The summed E-state index contributed by atoms with van der Waals surface area (Å²) >= 11 is 0. The van der Waals surface area contributed by atoms with Crippen molar-refractivity contribution in [1.82, 2.24) is 9.47 Å². The van der Waals surface area contributed by atoms with E-state index in [0.29, 0.717) is 18.3 Å². The summed E-state index contributed by atoms with van der Waals surface area (Å²) in [7, 11) is 0. The molecule has 5 nitrogen and oxygen atoms in total. The van der Waals surface area contributed by atoms with Gasteiger partial charge in [0.05, 0.1) is 12.2 Å². The maximum atomic E-state index is 12.8. The van der Waals surface area contributed by atoms with Crippen molar-refractivity contribution in [3.05, 3.63) is 47.3 Å². The van der Waals surface area contributed by atoms with Gasteiger partial charge in [0.15, 0.2) is 5.78 Å². The Morgan fingerprint density at radius 1 is 1.12 bits per heavy atom. The Morgan fingerprint density at radius 3 is 2.35 bits per heavy atom. The molecule has 0 atom stereocenters. The van der Waals surface area contributed by atoms with Crippen molar-refractivity contribution >= 4 is 11.5 Å². The van der Waals surface area contributed by atoms with Gasteiger partial charge < -0.3 is 14.6 Å². The predicted octanol–water partition coefficient (Wildman–Crippen LogP) is 3.40. The first-order valence-corrected chi connectivity index (χ1v) is 9.35. The van der Waals surface area contributed by atoms with Crippen molar-refractivity contribution < 1.29 is 9.90 Å². The first-order chi connectivity index (χ1) is 12.4. The number of carbonyl (C=O) groups is 1. The number of nitrogens with zero attached hydrogens (tertiary/aromatic N) is 3. The SMILES string of the molecule is Cc1cc(C(=O)CN2CCN(c3ccccc3O)CC2)c(C)n1C(C)C. The summed E-state index contributed by atoms with van der Waals surface area (Å²) in [5.74, 6) is 0.513. The molecular formula is C21H29N3O2. The highest BCUT2D eigenvalue weighted by Crippen LogP contribution is 2.27. The minimum absolute atomic E-state index is 0.195. The lowest BCUT2D eigenvalue weighted by Crippen LogP contribution is -2.48. The van der Waals surface area contributed by atoms with Crippen LogP contribution in [-0.4, -0.2) is 53.1 Å². The maximum Gasteiger partial charge on any atom is 0.178 e. The average Bonchev–Trinajstić information content (AvgIpc) is 2.91. The number of anilines is 1. The van der Waals surface area contributed by atoms with Crippen LogP contribution in [0.25, 0.3) is 0 Å². The molecule has 1 aliphatic rings. The summed E-state index contributed by atoms with van der Waals surface area (Å²) in [6.45, 7) is 12.1. The molecule has 1 saturated heterocycles. The van der Waals surface area contributed by atoms with E-state index in [1.807, 2.05) is 31.2 Å². The zero-order valence-corrected chi connectivity index (χ0v) is 16.2. The first kappa shape index (κ1) is 18.5. The summed E-state index contributed by atoms with van der Waals surface area (Å²) in [5.41, 5.74) is 3.93. The van der Waals surface area contributed by atoms with Crippen molar-refractivity contribution in [1.29, 1.82) is 0 Å². The third-order valence-electron chi connectivity index (χ3n) is 5.26. The zero-order valence-electron chi connectivity index (χ0n) is 16.2. The van der Waals surface area contributed by atoms with Crippen molar-refractivity contribution in [2.45, 2.75) is 33.7 Å². The summed E-state index contributed by atoms with van der Waals surface area (Å²) in [4.78, 5) is 17.2. The largest absolute Gasteiger partial charge is 0.506 e. The van der Waals surface area contributed by atoms with Gasteiger partial charge in [0.1, 0.15) is 5.75 Å². The Labute approximate surface area is 155 Å². The van der Waals surface area contributed by atoms with Gasteiger partial charge in [-0.2, -0.15) is 0 Å². The van der Waals surface area contributed by atoms with Gasteiger partial charge in [0.2, 0.25) is 0 Å². The van der Waals surface area contributed by atoms with Crippen LogP contribution in [0.2, 0.25) is 0 Å². The Morgan fingerprint density at radius 2 is 1.77 bits per heavy atom. The van der Waals surface area contributed by atoms with E-state index in [1.54, 1.807) is 6.07 Å². The number of piperazine rings is 1. The average molecular weight is 355 g/mol. The van der Waals surface area contributed by atoms with Gasteiger partial charge in [0, 0.05) is 49.2 Å². The Bertz CT molecular complexity index is 787. The number of rotatable bonds is 5. The van der Waals surface area contributed by atoms with Gasteiger partial charge in [-0.3, -0.25) is 9.69 Å². The second-order valence-corrected chi connectivity index (χ2v) is 7.42. The third kappa shape index (κ3) is 3.63. The highest BCUT2D eigenvalue weighted by Gasteiger charge is 2.23. The topological polar surface area (TPSA) is 48.7 Å². The predicted molar refractivity (Wildman–Crippen MR) is 105 cm³/mol. The zero-order chi connectivity index (χ0) is 18.8. The molecule has 3 rings (SSSR count). The minimum atomic E-state index is 0.195. The molecule has 0 amide bonds. The molecule has 26 heavy (non-hydrogen) atoms. The van der Waals surface area contributed by atoms with E-state index in [2.05, 4.69) is 35.1 Å². The van der Waals surface area contributed by atoms with Crippen LogP contribution in [0.4, 0.5) is 5.69 Å². The minimum Gasteiger partial charge on any atom is -0.506 e. The van der Waals surface area contributed by atoms with Crippen LogP contribution in [-0.2, 0) is 0 Å². The van der Waals surface area contributed by atoms with E-state index >= 15 is 0 Å². The second-order valence-electron chi connectivity index (χ2n) is 7.42. The standard InChI is InChI=1S/C21H29N3O2/c1-15(2)24-16(3)13-18(17(24)4)21(26)14-22-9-11-23(12-10-22)19-7-5-6-8-20(19)25/h5-8,13,15,25H,9-12,14H2,1-4H3. The summed E-state index contributed by atoms with van der Waals surface area (Å²) < 4.78 is 2.23. The molecular weight excluding hydrogens is 326 g/mol. The molecule has 0 bridgehead atoms. The Balaban J connectivity index is 1.62. The third-order valence-corrected chi connectivity index (χ3v) is 5.26. The number of aryl methyl sites for hydroxylation is 1. The quantitative estimate of drug-likeness (QED) is 0.835. The number of hydrogen-bond acceptors (Lipinski definition) is 4. The van der Waals surface area contributed by atoms with Crippen molar-refractivity contribution in [2.75, 3.05) is 37.6 Å². The molecule has 0 radical (unpaired) electrons. The van der Waals surface area contributed by atoms with Crippen LogP contribution in [0.3, 0.4) is 0 Å². The highest BCUT2D eigenvalue weighted by molar-refractivity contribution is 5.99. The molecule has 1 aromatic carbocycles. The van der Waals surface area contributed by atoms with Gasteiger partial charge in [0.25, 0.3) is 0 Å². The maximum absolute atomic E-state index is 12.8. The van der Waals surface area contributed by atoms with Gasteiger partial charge in [-0.15, -0.1) is 0 Å². The molecule has 0 unspecified atom stereocenters. The summed E-state index contributed by atoms with van der Waals surface area (Å²) in [5, 5.41) is 10.0. The van der Waals surface area contributed by atoms with E-state index in [9.17, 15) is 9.90 Å². The number of hydrogen-bond donors (Lipinski definition) is 1. The van der Waals surface area contributed by atoms with Gasteiger partial charge in [-0.1, -0.05) is 12.1 Å². The molecule has 140 valence electrons. The van der Waals surface area contributed by atoms with E-state index in [0.717, 1.165) is 48.8 Å². The van der Waals surface area contributed by atoms with Crippen LogP contribution in [0.5, 0.6) is 5.75 Å². The molecule has 0 spiro atoms. The molecule has 1 aliphatic heterocycles. The van der Waals surface area contributed by atoms with E-state index < -0.39 is 0 Å². The Hall–Kier alpha value is -2.27. The van der Waals surface area contributed by atoms with Crippen molar-refractivity contribution in [2.24, 2.45) is 0 Å². The molecule has 5 heteroatoms. The highest BCUT2D eigenvalue weighted by atomic mass is 16.3. The molecule has 1 aromatic heterocycles. The molecule has 1 N–H and O–H groups in total. The van der Waals surface area contributed by atoms with E-state index in [1.165, 1.54) is 0 Å². The van der Waals surface area contributed by atoms with Crippen molar-refractivity contribution in [3.8, 4) is 5.75 Å². The number of phenolic OH excluding ortho intramolecular Hbond substituents is 1. The number of phenols is 1. The fraction of sp³-hybridized carbons (Fsp3) is 0.476. The molecule has 2 aromatic rings. The van der Waals surface area contributed by atoms with Crippen LogP contribution in [0, 0.1) is 13.8 Å². The molecule has 0 saturated carbocycles. The fourth-order valence-corrected chi connectivity index (χ4v) is 4.02. The van der Waals surface area contributed by atoms with E-state index in [-0.39, 0.29) is 5.78 Å². The monoisotopic (exact) mass is 355 g/mol. The normalized spacial score (nSPS) is 15.7. The fourth-order valence-electron chi connectivity index (χ4n) is 4.02. The van der Waals surface area contributed by atoms with Crippen LogP contribution in [0.15, 0.2) is 30.3 Å². The van der Waals surface area contributed by atoms with Crippen LogP contribution >= 0.6 is 0 Å².